The zero-order valence-electron chi connectivity index (χ0n) is 8.06. The zero-order valence-corrected chi connectivity index (χ0v) is 8.88. The molecule has 0 aromatic heterocycles. The van der Waals surface area contributed by atoms with Crippen molar-refractivity contribution in [1.29, 1.82) is 0 Å². The van der Waals surface area contributed by atoms with Gasteiger partial charge in [-0.05, 0) is 12.8 Å². The zero-order chi connectivity index (χ0) is 10.6. The first-order valence-electron chi connectivity index (χ1n) is 4.64. The number of hydrogen-bond donors (Lipinski definition) is 2. The van der Waals surface area contributed by atoms with E-state index in [1.165, 1.54) is 6.92 Å². The molecule has 0 aromatic rings. The van der Waals surface area contributed by atoms with Gasteiger partial charge in [0.15, 0.2) is 0 Å². The summed E-state index contributed by atoms with van der Waals surface area (Å²) in [6.07, 6.45) is 3.18. The molecule has 2 N–H and O–H groups in total. The lowest BCUT2D eigenvalue weighted by Crippen LogP contribution is -2.45. The molecule has 1 amide bonds. The standard InChI is InChI=1S/C8H15NO4S/c1-6(10)9-7-4-2-3-5-8(7)13-14(11)12/h7-8H,2-5H2,1H3,(H,9,10)(H,11,12). The van der Waals surface area contributed by atoms with E-state index in [0.29, 0.717) is 0 Å². The summed E-state index contributed by atoms with van der Waals surface area (Å²) in [7, 11) is 0. The third kappa shape index (κ3) is 3.73. The Balaban J connectivity index is 2.49. The maximum absolute atomic E-state index is 10.8. The van der Waals surface area contributed by atoms with Crippen molar-refractivity contribution in [2.45, 2.75) is 44.8 Å². The van der Waals surface area contributed by atoms with Crippen LogP contribution in [0, 0.1) is 0 Å². The van der Waals surface area contributed by atoms with Crippen molar-refractivity contribution in [1.82, 2.24) is 5.32 Å². The number of carbonyl (C=O) groups is 1. The maximum Gasteiger partial charge on any atom is 0.302 e. The summed E-state index contributed by atoms with van der Waals surface area (Å²) in [5, 5.41) is 2.73. The first kappa shape index (κ1) is 11.6. The van der Waals surface area contributed by atoms with Gasteiger partial charge in [0.2, 0.25) is 5.91 Å². The normalized spacial score (nSPS) is 29.6. The van der Waals surface area contributed by atoms with Crippen LogP contribution >= 0.6 is 0 Å². The fourth-order valence-electron chi connectivity index (χ4n) is 1.74. The van der Waals surface area contributed by atoms with Gasteiger partial charge in [-0.1, -0.05) is 12.8 Å². The van der Waals surface area contributed by atoms with Gasteiger partial charge in [-0.2, -0.15) is 4.21 Å². The molecule has 1 aliphatic carbocycles. The molecule has 0 saturated heterocycles. The summed E-state index contributed by atoms with van der Waals surface area (Å²) in [6.45, 7) is 1.43. The Morgan fingerprint density at radius 3 is 2.71 bits per heavy atom. The largest absolute Gasteiger partial charge is 0.351 e. The molecule has 5 nitrogen and oxygen atoms in total. The van der Waals surface area contributed by atoms with Gasteiger partial charge in [0.1, 0.15) is 0 Å². The number of rotatable bonds is 3. The van der Waals surface area contributed by atoms with Crippen LogP contribution in [0.2, 0.25) is 0 Å². The summed E-state index contributed by atoms with van der Waals surface area (Å²) < 4.78 is 23.9. The Morgan fingerprint density at radius 2 is 2.14 bits per heavy atom. The Kier molecular flexibility index (Phi) is 4.50. The van der Waals surface area contributed by atoms with Gasteiger partial charge in [-0.25, -0.2) is 0 Å². The first-order chi connectivity index (χ1) is 6.59. The van der Waals surface area contributed by atoms with Gasteiger partial charge >= 0.3 is 11.4 Å². The maximum atomic E-state index is 10.8. The van der Waals surface area contributed by atoms with Crippen LogP contribution in [0.3, 0.4) is 0 Å². The molecule has 82 valence electrons. The van der Waals surface area contributed by atoms with Crippen LogP contribution in [-0.2, 0) is 20.3 Å². The molecule has 1 fully saturated rings. The van der Waals surface area contributed by atoms with Crippen molar-refractivity contribution in [2.75, 3.05) is 0 Å². The van der Waals surface area contributed by atoms with Gasteiger partial charge in [-0.3, -0.25) is 13.5 Å². The fourth-order valence-corrected chi connectivity index (χ4v) is 2.19. The molecule has 6 heteroatoms. The van der Waals surface area contributed by atoms with Crippen molar-refractivity contribution in [3.05, 3.63) is 0 Å². The third-order valence-electron chi connectivity index (χ3n) is 2.30. The van der Waals surface area contributed by atoms with Crippen LogP contribution in [0.25, 0.3) is 0 Å². The van der Waals surface area contributed by atoms with Crippen LogP contribution in [0.1, 0.15) is 32.6 Å². The summed E-state index contributed by atoms with van der Waals surface area (Å²) in [5.41, 5.74) is 0. The van der Waals surface area contributed by atoms with Crippen molar-refractivity contribution in [3.63, 3.8) is 0 Å². The van der Waals surface area contributed by atoms with E-state index in [0.717, 1.165) is 25.7 Å². The first-order valence-corrected chi connectivity index (χ1v) is 5.68. The summed E-state index contributed by atoms with van der Waals surface area (Å²) >= 11 is -2.25. The van der Waals surface area contributed by atoms with Gasteiger partial charge in [0.05, 0.1) is 12.1 Å². The highest BCUT2D eigenvalue weighted by Gasteiger charge is 2.27. The van der Waals surface area contributed by atoms with Crippen LogP contribution in [0.5, 0.6) is 0 Å². The van der Waals surface area contributed by atoms with E-state index in [1.54, 1.807) is 0 Å². The number of hydrogen-bond acceptors (Lipinski definition) is 3. The van der Waals surface area contributed by atoms with Crippen LogP contribution in [0.15, 0.2) is 0 Å². The van der Waals surface area contributed by atoms with Crippen molar-refractivity contribution in [3.8, 4) is 0 Å². The highest BCUT2D eigenvalue weighted by molar-refractivity contribution is 7.74. The van der Waals surface area contributed by atoms with Gasteiger partial charge < -0.3 is 5.32 Å². The summed E-state index contributed by atoms with van der Waals surface area (Å²) in [4.78, 5) is 10.8. The smallest absolute Gasteiger partial charge is 0.302 e. The lowest BCUT2D eigenvalue weighted by Gasteiger charge is -2.30. The molecule has 0 heterocycles. The second-order valence-electron chi connectivity index (χ2n) is 3.44. The fraction of sp³-hybridized carbons (Fsp3) is 0.875. The Labute approximate surface area is 85.7 Å². The Morgan fingerprint density at radius 1 is 1.50 bits per heavy atom. The molecule has 0 bridgehead atoms. The van der Waals surface area contributed by atoms with E-state index in [4.69, 9.17) is 8.74 Å². The molecule has 3 atom stereocenters. The second kappa shape index (κ2) is 5.43. The van der Waals surface area contributed by atoms with E-state index in [2.05, 4.69) is 5.32 Å². The van der Waals surface area contributed by atoms with E-state index < -0.39 is 11.4 Å². The summed E-state index contributed by atoms with van der Waals surface area (Å²) in [5.74, 6) is -0.130. The molecule has 0 aliphatic heterocycles. The quantitative estimate of drug-likeness (QED) is 0.684. The predicted octanol–water partition coefficient (Wildman–Crippen LogP) is 0.587. The van der Waals surface area contributed by atoms with E-state index >= 15 is 0 Å². The van der Waals surface area contributed by atoms with Gasteiger partial charge in [-0.15, -0.1) is 0 Å². The molecule has 1 aliphatic rings. The molecule has 3 unspecified atom stereocenters. The third-order valence-corrected chi connectivity index (χ3v) is 2.71. The minimum atomic E-state index is -2.25. The second-order valence-corrected chi connectivity index (χ2v) is 4.07. The minimum Gasteiger partial charge on any atom is -0.351 e. The average Bonchev–Trinajstić information content (AvgIpc) is 2.06. The van der Waals surface area contributed by atoms with Crippen molar-refractivity contribution < 1.29 is 17.7 Å². The molecule has 1 rings (SSSR count). The monoisotopic (exact) mass is 221 g/mol. The Hall–Kier alpha value is -0.460. The number of carbonyl (C=O) groups excluding carboxylic acids is 1. The predicted molar refractivity (Wildman–Crippen MR) is 51.7 cm³/mol. The number of amides is 1. The van der Waals surface area contributed by atoms with E-state index in [-0.39, 0.29) is 18.1 Å². The van der Waals surface area contributed by atoms with Crippen molar-refractivity contribution >= 4 is 17.3 Å². The van der Waals surface area contributed by atoms with Gasteiger partial charge in [0, 0.05) is 6.92 Å². The molecular weight excluding hydrogens is 206 g/mol. The lowest BCUT2D eigenvalue weighted by molar-refractivity contribution is -0.120. The topological polar surface area (TPSA) is 75.6 Å². The molecule has 0 spiro atoms. The van der Waals surface area contributed by atoms with Crippen LogP contribution < -0.4 is 5.32 Å². The SMILES string of the molecule is CC(=O)NC1CCCCC1OS(=O)O. The molecular formula is C8H15NO4S. The van der Waals surface area contributed by atoms with Gasteiger partial charge in [0.25, 0.3) is 0 Å². The molecule has 1 saturated carbocycles. The number of nitrogens with one attached hydrogen (secondary N) is 1. The highest BCUT2D eigenvalue weighted by Crippen LogP contribution is 2.21. The van der Waals surface area contributed by atoms with Crippen LogP contribution in [0.4, 0.5) is 0 Å². The summed E-state index contributed by atoms with van der Waals surface area (Å²) in [6, 6.07) is -0.127. The van der Waals surface area contributed by atoms with E-state index in [1.807, 2.05) is 0 Å². The Bertz CT molecular complexity index is 209. The van der Waals surface area contributed by atoms with Crippen LogP contribution in [-0.4, -0.2) is 26.8 Å². The minimum absolute atomic E-state index is 0.127. The van der Waals surface area contributed by atoms with Crippen molar-refractivity contribution in [2.24, 2.45) is 0 Å². The van der Waals surface area contributed by atoms with E-state index in [9.17, 15) is 9.00 Å². The average molecular weight is 221 g/mol. The molecule has 0 aromatic carbocycles. The lowest BCUT2D eigenvalue weighted by atomic mass is 9.92. The molecule has 0 radical (unpaired) electrons. The molecule has 14 heavy (non-hydrogen) atoms. The highest BCUT2D eigenvalue weighted by atomic mass is 32.2.